The van der Waals surface area contributed by atoms with Gasteiger partial charge in [0.25, 0.3) is 0 Å². The summed E-state index contributed by atoms with van der Waals surface area (Å²) in [5, 5.41) is 12.6. The van der Waals surface area contributed by atoms with E-state index in [9.17, 15) is 4.79 Å². The van der Waals surface area contributed by atoms with Crippen LogP contribution >= 0.6 is 0 Å². The van der Waals surface area contributed by atoms with Crippen LogP contribution in [0.5, 0.6) is 0 Å². The minimum absolute atomic E-state index is 0.00597. The highest BCUT2D eigenvalue weighted by molar-refractivity contribution is 5.97. The van der Waals surface area contributed by atoms with Crippen molar-refractivity contribution in [2.75, 3.05) is 11.9 Å². The molecule has 1 aliphatic heterocycles. The molecule has 1 unspecified atom stereocenters. The summed E-state index contributed by atoms with van der Waals surface area (Å²) in [7, 11) is 0. The molecule has 0 saturated carbocycles. The molecule has 0 bridgehead atoms. The maximum absolute atomic E-state index is 12.0. The summed E-state index contributed by atoms with van der Waals surface area (Å²) < 4.78 is 0. The Hall–Kier alpha value is -1.36. The number of aromatic amines is 1. The number of carbonyl (C=O) groups is 1. The maximum Gasteiger partial charge on any atom is 0.245 e. The van der Waals surface area contributed by atoms with Crippen LogP contribution in [0.3, 0.4) is 0 Å². The van der Waals surface area contributed by atoms with Crippen molar-refractivity contribution in [3.63, 3.8) is 0 Å². The predicted octanol–water partition coefficient (Wildman–Crippen LogP) is 0.880. The van der Waals surface area contributed by atoms with E-state index in [1.165, 1.54) is 0 Å². The Labute approximate surface area is 88.6 Å². The number of piperidine rings is 1. The molecule has 3 N–H and O–H groups in total. The van der Waals surface area contributed by atoms with E-state index >= 15 is 0 Å². The van der Waals surface area contributed by atoms with Crippen molar-refractivity contribution in [2.45, 2.75) is 31.7 Å². The predicted molar refractivity (Wildman–Crippen MR) is 57.5 cm³/mol. The van der Waals surface area contributed by atoms with Crippen molar-refractivity contribution in [1.29, 1.82) is 0 Å². The summed E-state index contributed by atoms with van der Waals surface area (Å²) in [6, 6.07) is 1.74. The number of aromatic nitrogens is 2. The molecule has 0 aliphatic carbocycles. The van der Waals surface area contributed by atoms with Gasteiger partial charge in [-0.1, -0.05) is 0 Å². The van der Waals surface area contributed by atoms with Crippen molar-refractivity contribution >= 4 is 11.7 Å². The Balaban J connectivity index is 2.00. The van der Waals surface area contributed by atoms with Gasteiger partial charge in [0.05, 0.1) is 11.7 Å². The Morgan fingerprint density at radius 2 is 2.47 bits per heavy atom. The van der Waals surface area contributed by atoms with Gasteiger partial charge >= 0.3 is 0 Å². The van der Waals surface area contributed by atoms with E-state index in [2.05, 4.69) is 20.8 Å². The van der Waals surface area contributed by atoms with Crippen LogP contribution in [-0.2, 0) is 4.79 Å². The molecular weight excluding hydrogens is 192 g/mol. The minimum atomic E-state index is -0.441. The summed E-state index contributed by atoms with van der Waals surface area (Å²) in [5.41, 5.74) is -0.441. The largest absolute Gasteiger partial charge is 0.309 e. The Morgan fingerprint density at radius 3 is 3.07 bits per heavy atom. The summed E-state index contributed by atoms with van der Waals surface area (Å²) in [6.07, 6.45) is 4.74. The second-order valence-electron chi connectivity index (χ2n) is 4.14. The first-order valence-corrected chi connectivity index (χ1v) is 5.27. The van der Waals surface area contributed by atoms with Gasteiger partial charge in [0.2, 0.25) is 5.91 Å². The van der Waals surface area contributed by atoms with Crippen LogP contribution in [0.25, 0.3) is 0 Å². The van der Waals surface area contributed by atoms with Gasteiger partial charge in [0, 0.05) is 6.07 Å². The molecule has 5 nitrogen and oxygen atoms in total. The van der Waals surface area contributed by atoms with E-state index in [4.69, 9.17) is 0 Å². The maximum atomic E-state index is 12.0. The van der Waals surface area contributed by atoms with Crippen molar-refractivity contribution < 1.29 is 4.79 Å². The standard InChI is InChI=1S/C10H16N4O/c1-10(5-2-3-6-11-10)9(15)13-8-4-7-12-14-8/h4,7,11H,2-3,5-6H2,1H3,(H2,12,13,14,15). The summed E-state index contributed by atoms with van der Waals surface area (Å²) in [6.45, 7) is 2.85. The zero-order valence-corrected chi connectivity index (χ0v) is 8.84. The van der Waals surface area contributed by atoms with Gasteiger partial charge in [-0.3, -0.25) is 9.89 Å². The molecule has 82 valence electrons. The highest BCUT2D eigenvalue weighted by atomic mass is 16.2. The van der Waals surface area contributed by atoms with Crippen LogP contribution in [0.1, 0.15) is 26.2 Å². The van der Waals surface area contributed by atoms with Gasteiger partial charge in [-0.25, -0.2) is 0 Å². The third-order valence-corrected chi connectivity index (χ3v) is 2.87. The molecule has 2 rings (SSSR count). The average molecular weight is 208 g/mol. The fourth-order valence-electron chi connectivity index (χ4n) is 1.84. The van der Waals surface area contributed by atoms with Crippen molar-refractivity contribution in [1.82, 2.24) is 15.5 Å². The van der Waals surface area contributed by atoms with Crippen molar-refractivity contribution in [2.24, 2.45) is 0 Å². The number of hydrogen-bond acceptors (Lipinski definition) is 3. The zero-order valence-electron chi connectivity index (χ0n) is 8.84. The van der Waals surface area contributed by atoms with Gasteiger partial charge in [0.15, 0.2) is 0 Å². The van der Waals surface area contributed by atoms with E-state index in [1.54, 1.807) is 12.3 Å². The lowest BCUT2D eigenvalue weighted by atomic mass is 9.90. The molecule has 2 heterocycles. The minimum Gasteiger partial charge on any atom is -0.309 e. The van der Waals surface area contributed by atoms with Crippen LogP contribution in [0.4, 0.5) is 5.82 Å². The lowest BCUT2D eigenvalue weighted by Crippen LogP contribution is -2.54. The van der Waals surface area contributed by atoms with Crippen LogP contribution < -0.4 is 10.6 Å². The topological polar surface area (TPSA) is 69.8 Å². The van der Waals surface area contributed by atoms with Gasteiger partial charge in [0.1, 0.15) is 5.82 Å². The number of anilines is 1. The number of rotatable bonds is 2. The molecule has 1 aliphatic rings. The molecule has 1 fully saturated rings. The molecule has 1 aromatic rings. The molecule has 15 heavy (non-hydrogen) atoms. The van der Waals surface area contributed by atoms with Crippen LogP contribution in [0.2, 0.25) is 0 Å². The van der Waals surface area contributed by atoms with Gasteiger partial charge < -0.3 is 10.6 Å². The Bertz CT molecular complexity index is 327. The monoisotopic (exact) mass is 208 g/mol. The third kappa shape index (κ3) is 2.18. The number of amides is 1. The van der Waals surface area contributed by atoms with E-state index in [-0.39, 0.29) is 5.91 Å². The number of H-pyrrole nitrogens is 1. The SMILES string of the molecule is CC1(C(=O)Nc2ccn[nH]2)CCCCN1. The highest BCUT2D eigenvalue weighted by Gasteiger charge is 2.34. The second kappa shape index (κ2) is 4.02. The van der Waals surface area contributed by atoms with Crippen LogP contribution in [0, 0.1) is 0 Å². The van der Waals surface area contributed by atoms with Crippen molar-refractivity contribution in [3.8, 4) is 0 Å². The van der Waals surface area contributed by atoms with E-state index in [0.717, 1.165) is 25.8 Å². The second-order valence-corrected chi connectivity index (χ2v) is 4.14. The molecule has 1 amide bonds. The van der Waals surface area contributed by atoms with Gasteiger partial charge in [-0.15, -0.1) is 0 Å². The molecule has 1 atom stereocenters. The fraction of sp³-hybridized carbons (Fsp3) is 0.600. The molecule has 1 aromatic heterocycles. The quantitative estimate of drug-likeness (QED) is 0.675. The third-order valence-electron chi connectivity index (χ3n) is 2.87. The smallest absolute Gasteiger partial charge is 0.245 e. The lowest BCUT2D eigenvalue weighted by Gasteiger charge is -2.33. The van der Waals surface area contributed by atoms with Crippen molar-refractivity contribution in [3.05, 3.63) is 12.3 Å². The first-order chi connectivity index (χ1) is 7.21. The molecular formula is C10H16N4O. The van der Waals surface area contributed by atoms with Crippen LogP contribution in [-0.4, -0.2) is 28.2 Å². The average Bonchev–Trinajstić information content (AvgIpc) is 2.71. The molecule has 0 radical (unpaired) electrons. The Morgan fingerprint density at radius 1 is 1.60 bits per heavy atom. The number of carbonyl (C=O) groups excluding carboxylic acids is 1. The fourth-order valence-corrected chi connectivity index (χ4v) is 1.84. The molecule has 5 heteroatoms. The van der Waals surface area contributed by atoms with Gasteiger partial charge in [-0.2, -0.15) is 5.10 Å². The lowest BCUT2D eigenvalue weighted by molar-refractivity contribution is -0.122. The molecule has 0 spiro atoms. The number of hydrogen-bond donors (Lipinski definition) is 3. The van der Waals surface area contributed by atoms with E-state index in [1.807, 2.05) is 6.92 Å². The Kier molecular flexibility index (Phi) is 2.73. The molecule has 0 aromatic carbocycles. The van der Waals surface area contributed by atoms with E-state index < -0.39 is 5.54 Å². The normalized spacial score (nSPS) is 26.2. The summed E-state index contributed by atoms with van der Waals surface area (Å²) >= 11 is 0. The number of nitrogens with zero attached hydrogens (tertiary/aromatic N) is 1. The van der Waals surface area contributed by atoms with E-state index in [0.29, 0.717) is 5.82 Å². The van der Waals surface area contributed by atoms with Crippen LogP contribution in [0.15, 0.2) is 12.3 Å². The molecule has 1 saturated heterocycles. The number of nitrogens with one attached hydrogen (secondary N) is 3. The first-order valence-electron chi connectivity index (χ1n) is 5.27. The highest BCUT2D eigenvalue weighted by Crippen LogP contribution is 2.20. The van der Waals surface area contributed by atoms with Gasteiger partial charge in [-0.05, 0) is 32.7 Å². The zero-order chi connectivity index (χ0) is 10.7. The summed E-state index contributed by atoms with van der Waals surface area (Å²) in [4.78, 5) is 12.0. The first kappa shape index (κ1) is 10.2. The summed E-state index contributed by atoms with van der Waals surface area (Å²) in [5.74, 6) is 0.653.